The molecular weight excluding hydrogens is 290 g/mol. The third-order valence-corrected chi connectivity index (χ3v) is 4.01. The number of ether oxygens (including phenoxy) is 2. The Kier molecular flexibility index (Phi) is 6.15. The largest absolute Gasteiger partial charge is 0.493 e. The van der Waals surface area contributed by atoms with Crippen molar-refractivity contribution in [2.75, 3.05) is 13.7 Å². The zero-order chi connectivity index (χ0) is 15.2. The summed E-state index contributed by atoms with van der Waals surface area (Å²) in [5, 5.41) is 13.7. The Morgan fingerprint density at radius 2 is 2.19 bits per heavy atom. The second kappa shape index (κ2) is 7.87. The Morgan fingerprint density at radius 1 is 1.38 bits per heavy atom. The minimum Gasteiger partial charge on any atom is -0.493 e. The summed E-state index contributed by atoms with van der Waals surface area (Å²) in [5.74, 6) is 1.15. The maximum atomic E-state index is 9.88. The van der Waals surface area contributed by atoms with Crippen LogP contribution < -0.4 is 14.8 Å². The van der Waals surface area contributed by atoms with E-state index < -0.39 is 6.10 Å². The van der Waals surface area contributed by atoms with Gasteiger partial charge in [-0.05, 0) is 49.9 Å². The molecule has 0 aliphatic heterocycles. The lowest BCUT2D eigenvalue weighted by Crippen LogP contribution is -2.26. The highest BCUT2D eigenvalue weighted by atomic mass is 35.5. The Bertz CT molecular complexity index is 467. The van der Waals surface area contributed by atoms with Gasteiger partial charge in [-0.2, -0.15) is 0 Å². The van der Waals surface area contributed by atoms with Gasteiger partial charge in [0.15, 0.2) is 11.5 Å². The number of aliphatic hydroxyl groups is 1. The van der Waals surface area contributed by atoms with Crippen molar-refractivity contribution >= 4 is 11.6 Å². The highest BCUT2D eigenvalue weighted by Crippen LogP contribution is 2.39. The van der Waals surface area contributed by atoms with Crippen molar-refractivity contribution in [1.29, 1.82) is 0 Å². The molecule has 2 unspecified atom stereocenters. The van der Waals surface area contributed by atoms with E-state index in [2.05, 4.69) is 12.2 Å². The molecule has 21 heavy (non-hydrogen) atoms. The average Bonchev–Trinajstić information content (AvgIpc) is 2.87. The van der Waals surface area contributed by atoms with E-state index in [1.54, 1.807) is 7.11 Å². The van der Waals surface area contributed by atoms with Crippen LogP contribution in [-0.4, -0.2) is 31.0 Å². The normalized spacial score (nSPS) is 21.5. The smallest absolute Gasteiger partial charge is 0.180 e. The van der Waals surface area contributed by atoms with Gasteiger partial charge in [0.2, 0.25) is 0 Å². The van der Waals surface area contributed by atoms with Gasteiger partial charge >= 0.3 is 0 Å². The van der Waals surface area contributed by atoms with Crippen LogP contribution in [0.1, 0.15) is 38.2 Å². The molecule has 0 radical (unpaired) electrons. The molecule has 4 nitrogen and oxygen atoms in total. The van der Waals surface area contributed by atoms with Gasteiger partial charge in [0.25, 0.3) is 0 Å². The Hall–Kier alpha value is -0.970. The molecule has 1 aromatic carbocycles. The molecule has 2 rings (SSSR count). The summed E-state index contributed by atoms with van der Waals surface area (Å²) in [4.78, 5) is 0. The van der Waals surface area contributed by atoms with Crippen molar-refractivity contribution in [2.45, 2.75) is 51.4 Å². The molecule has 0 saturated heterocycles. The molecule has 0 amide bonds. The van der Waals surface area contributed by atoms with E-state index in [1.165, 1.54) is 0 Å². The molecule has 5 heteroatoms. The number of benzene rings is 1. The molecule has 1 aliphatic rings. The van der Waals surface area contributed by atoms with Crippen LogP contribution in [-0.2, 0) is 6.54 Å². The first-order chi connectivity index (χ1) is 10.2. The van der Waals surface area contributed by atoms with Crippen molar-refractivity contribution < 1.29 is 14.6 Å². The second-order valence-electron chi connectivity index (χ2n) is 5.44. The first kappa shape index (κ1) is 16.4. The quantitative estimate of drug-likeness (QED) is 0.759. The Balaban J connectivity index is 2.13. The Labute approximate surface area is 131 Å². The topological polar surface area (TPSA) is 50.7 Å². The van der Waals surface area contributed by atoms with Gasteiger partial charge in [-0.15, -0.1) is 0 Å². The molecule has 0 heterocycles. The summed E-state index contributed by atoms with van der Waals surface area (Å²) in [5.41, 5.74) is 1.06. The van der Waals surface area contributed by atoms with Gasteiger partial charge in [0, 0.05) is 6.54 Å². The van der Waals surface area contributed by atoms with Gasteiger partial charge in [-0.25, -0.2) is 0 Å². The van der Waals surface area contributed by atoms with Crippen molar-refractivity contribution in [3.05, 3.63) is 22.7 Å². The molecule has 0 spiro atoms. The third kappa shape index (κ3) is 4.25. The number of rotatable bonds is 7. The number of methoxy groups -OCH3 is 1. The predicted molar refractivity (Wildman–Crippen MR) is 84.3 cm³/mol. The summed E-state index contributed by atoms with van der Waals surface area (Å²) >= 11 is 6.34. The van der Waals surface area contributed by atoms with Gasteiger partial charge in [0.1, 0.15) is 6.10 Å². The van der Waals surface area contributed by atoms with E-state index in [4.69, 9.17) is 21.1 Å². The van der Waals surface area contributed by atoms with Crippen LogP contribution in [0.4, 0.5) is 0 Å². The number of halogens is 1. The molecule has 2 N–H and O–H groups in total. The lowest BCUT2D eigenvalue weighted by atomic mass is 10.2. The molecule has 1 fully saturated rings. The monoisotopic (exact) mass is 313 g/mol. The summed E-state index contributed by atoms with van der Waals surface area (Å²) in [6.07, 6.45) is 3.08. The summed E-state index contributed by atoms with van der Waals surface area (Å²) in [7, 11) is 1.60. The highest BCUT2D eigenvalue weighted by Gasteiger charge is 2.28. The fourth-order valence-electron chi connectivity index (χ4n) is 2.59. The van der Waals surface area contributed by atoms with Crippen molar-refractivity contribution in [2.24, 2.45) is 0 Å². The van der Waals surface area contributed by atoms with Gasteiger partial charge in [0.05, 0.1) is 18.2 Å². The molecule has 118 valence electrons. The SMILES string of the molecule is CCCNCc1cc(Cl)c(OC2CCCC2O)c(OC)c1. The zero-order valence-electron chi connectivity index (χ0n) is 12.7. The molecule has 0 aromatic heterocycles. The Morgan fingerprint density at radius 3 is 2.81 bits per heavy atom. The fourth-order valence-corrected chi connectivity index (χ4v) is 2.87. The molecule has 2 atom stereocenters. The van der Waals surface area contributed by atoms with E-state index in [0.29, 0.717) is 16.5 Å². The van der Waals surface area contributed by atoms with Crippen LogP contribution in [0, 0.1) is 0 Å². The van der Waals surface area contributed by atoms with Crippen molar-refractivity contribution in [1.82, 2.24) is 5.32 Å². The number of hydrogen-bond acceptors (Lipinski definition) is 4. The highest BCUT2D eigenvalue weighted by molar-refractivity contribution is 6.32. The molecular formula is C16H24ClNO3. The van der Waals surface area contributed by atoms with Crippen LogP contribution >= 0.6 is 11.6 Å². The summed E-state index contributed by atoms with van der Waals surface area (Å²) < 4.78 is 11.3. The first-order valence-electron chi connectivity index (χ1n) is 7.57. The standard InChI is InChI=1S/C16H24ClNO3/c1-3-7-18-10-11-8-12(17)16(15(9-11)20-2)21-14-6-4-5-13(14)19/h8-9,13-14,18-19H,3-7,10H2,1-2H3. The number of aliphatic hydroxyl groups excluding tert-OH is 1. The average molecular weight is 314 g/mol. The predicted octanol–water partition coefficient (Wildman–Crippen LogP) is 3.14. The van der Waals surface area contributed by atoms with Gasteiger partial charge in [-0.3, -0.25) is 0 Å². The van der Waals surface area contributed by atoms with E-state index in [9.17, 15) is 5.11 Å². The van der Waals surface area contributed by atoms with Crippen LogP contribution in [0.3, 0.4) is 0 Å². The van der Waals surface area contributed by atoms with Crippen molar-refractivity contribution in [3.63, 3.8) is 0 Å². The van der Waals surface area contributed by atoms with Gasteiger partial charge < -0.3 is 19.9 Å². The van der Waals surface area contributed by atoms with Gasteiger partial charge in [-0.1, -0.05) is 18.5 Å². The molecule has 1 aliphatic carbocycles. The number of nitrogens with one attached hydrogen (secondary N) is 1. The fraction of sp³-hybridized carbons (Fsp3) is 0.625. The van der Waals surface area contributed by atoms with Crippen LogP contribution in [0.15, 0.2) is 12.1 Å². The van der Waals surface area contributed by atoms with E-state index in [1.807, 2.05) is 12.1 Å². The maximum absolute atomic E-state index is 9.88. The van der Waals surface area contributed by atoms with Crippen LogP contribution in [0.25, 0.3) is 0 Å². The second-order valence-corrected chi connectivity index (χ2v) is 5.85. The van der Waals surface area contributed by atoms with E-state index >= 15 is 0 Å². The zero-order valence-corrected chi connectivity index (χ0v) is 13.4. The molecule has 0 bridgehead atoms. The minimum atomic E-state index is -0.420. The number of hydrogen-bond donors (Lipinski definition) is 2. The minimum absolute atomic E-state index is 0.194. The van der Waals surface area contributed by atoms with Crippen LogP contribution in [0.2, 0.25) is 5.02 Å². The molecule has 1 aromatic rings. The third-order valence-electron chi connectivity index (χ3n) is 3.73. The summed E-state index contributed by atoms with van der Waals surface area (Å²) in [6.45, 7) is 3.84. The molecule has 1 saturated carbocycles. The first-order valence-corrected chi connectivity index (χ1v) is 7.95. The van der Waals surface area contributed by atoms with Crippen molar-refractivity contribution in [3.8, 4) is 11.5 Å². The van der Waals surface area contributed by atoms with E-state index in [0.717, 1.165) is 44.3 Å². The lowest BCUT2D eigenvalue weighted by molar-refractivity contribution is 0.0587. The van der Waals surface area contributed by atoms with E-state index in [-0.39, 0.29) is 6.10 Å². The lowest BCUT2D eigenvalue weighted by Gasteiger charge is -2.20. The maximum Gasteiger partial charge on any atom is 0.180 e. The summed E-state index contributed by atoms with van der Waals surface area (Å²) in [6, 6.07) is 3.83. The van der Waals surface area contributed by atoms with Crippen LogP contribution in [0.5, 0.6) is 11.5 Å².